The first kappa shape index (κ1) is 18.1. The number of amides is 1. The fourth-order valence-corrected chi connectivity index (χ4v) is 3.84. The van der Waals surface area contributed by atoms with Crippen molar-refractivity contribution in [2.75, 3.05) is 6.54 Å². The van der Waals surface area contributed by atoms with Gasteiger partial charge in [0.2, 0.25) is 5.91 Å². The molecule has 2 aromatic heterocycles. The van der Waals surface area contributed by atoms with E-state index in [1.807, 2.05) is 66.0 Å². The van der Waals surface area contributed by atoms with Crippen LogP contribution in [0.5, 0.6) is 0 Å². The molecule has 0 fully saturated rings. The number of fused-ring (bicyclic) bond motifs is 1. The van der Waals surface area contributed by atoms with Crippen molar-refractivity contribution in [1.82, 2.24) is 15.1 Å². The van der Waals surface area contributed by atoms with Crippen LogP contribution in [-0.2, 0) is 17.8 Å². The second kappa shape index (κ2) is 8.19. The predicted molar refractivity (Wildman–Crippen MR) is 112 cm³/mol. The summed E-state index contributed by atoms with van der Waals surface area (Å²) in [6.45, 7) is 0.416. The summed E-state index contributed by atoms with van der Waals surface area (Å²) in [4.78, 5) is 26.2. The fourth-order valence-electron chi connectivity index (χ4n) is 3.12. The molecule has 0 aliphatic carbocycles. The number of carbonyl (C=O) groups excluding carboxylic acids is 1. The quantitative estimate of drug-likeness (QED) is 0.549. The molecule has 0 aliphatic heterocycles. The Bertz CT molecular complexity index is 1150. The summed E-state index contributed by atoms with van der Waals surface area (Å²) >= 11 is 1.56. The van der Waals surface area contributed by atoms with Gasteiger partial charge in [0.25, 0.3) is 5.56 Å². The van der Waals surface area contributed by atoms with Crippen molar-refractivity contribution in [3.63, 3.8) is 0 Å². The minimum absolute atomic E-state index is 0.100. The van der Waals surface area contributed by atoms with E-state index in [1.54, 1.807) is 17.4 Å². The lowest BCUT2D eigenvalue weighted by Crippen LogP contribution is -2.34. The third-order valence-corrected chi connectivity index (χ3v) is 5.37. The molecule has 2 heterocycles. The molecule has 0 aliphatic rings. The average molecular weight is 389 g/mol. The third-order valence-electron chi connectivity index (χ3n) is 4.49. The van der Waals surface area contributed by atoms with Crippen LogP contribution in [-0.4, -0.2) is 22.2 Å². The standard InChI is InChI=1S/C22H19N3O2S/c26-20(23-13-12-16-7-2-1-3-8-16)15-25-22(27)18-10-5-4-9-17(18)21(24-25)19-11-6-14-28-19/h1-11,14H,12-13,15H2,(H,23,26). The third kappa shape index (κ3) is 3.87. The second-order valence-electron chi connectivity index (χ2n) is 6.42. The summed E-state index contributed by atoms with van der Waals surface area (Å²) in [6.07, 6.45) is 0.743. The molecule has 0 bridgehead atoms. The van der Waals surface area contributed by atoms with Crippen molar-refractivity contribution in [2.24, 2.45) is 0 Å². The van der Waals surface area contributed by atoms with Gasteiger partial charge in [0.05, 0.1) is 10.3 Å². The Balaban J connectivity index is 1.56. The summed E-state index contributed by atoms with van der Waals surface area (Å²) in [6, 6.07) is 21.3. The molecule has 0 radical (unpaired) electrons. The summed E-state index contributed by atoms with van der Waals surface area (Å²) in [5, 5.41) is 10.7. The van der Waals surface area contributed by atoms with E-state index in [2.05, 4.69) is 10.4 Å². The average Bonchev–Trinajstić information content (AvgIpc) is 3.26. The number of carbonyl (C=O) groups is 1. The fraction of sp³-hybridized carbons (Fsp3) is 0.136. The molecule has 4 rings (SSSR count). The topological polar surface area (TPSA) is 64.0 Å². The van der Waals surface area contributed by atoms with Gasteiger partial charge in [-0.1, -0.05) is 54.6 Å². The van der Waals surface area contributed by atoms with Gasteiger partial charge in [-0.15, -0.1) is 11.3 Å². The van der Waals surface area contributed by atoms with Crippen LogP contribution in [0, 0.1) is 0 Å². The molecule has 2 aromatic carbocycles. The minimum Gasteiger partial charge on any atom is -0.354 e. The maximum atomic E-state index is 12.8. The number of thiophene rings is 1. The van der Waals surface area contributed by atoms with Crippen LogP contribution >= 0.6 is 11.3 Å². The maximum Gasteiger partial charge on any atom is 0.275 e. The highest BCUT2D eigenvalue weighted by Crippen LogP contribution is 2.28. The van der Waals surface area contributed by atoms with Gasteiger partial charge in [0.1, 0.15) is 12.2 Å². The smallest absolute Gasteiger partial charge is 0.275 e. The normalized spacial score (nSPS) is 10.9. The molecule has 5 nitrogen and oxygen atoms in total. The minimum atomic E-state index is -0.255. The first-order chi connectivity index (χ1) is 13.7. The van der Waals surface area contributed by atoms with Gasteiger partial charge in [-0.05, 0) is 29.5 Å². The summed E-state index contributed by atoms with van der Waals surface area (Å²) in [5.41, 5.74) is 1.63. The number of nitrogens with one attached hydrogen (secondary N) is 1. The Morgan fingerprint density at radius 1 is 0.964 bits per heavy atom. The molecule has 0 spiro atoms. The molecule has 28 heavy (non-hydrogen) atoms. The monoisotopic (exact) mass is 389 g/mol. The van der Waals surface area contributed by atoms with Gasteiger partial charge in [-0.3, -0.25) is 9.59 Å². The Morgan fingerprint density at radius 2 is 1.71 bits per heavy atom. The Hall–Kier alpha value is -3.25. The van der Waals surface area contributed by atoms with Gasteiger partial charge >= 0.3 is 0 Å². The first-order valence-electron chi connectivity index (χ1n) is 9.07. The van der Waals surface area contributed by atoms with Crippen molar-refractivity contribution in [3.8, 4) is 10.6 Å². The van der Waals surface area contributed by atoms with Crippen molar-refractivity contribution in [3.05, 3.63) is 88.0 Å². The van der Waals surface area contributed by atoms with Crippen LogP contribution in [0.15, 0.2) is 76.9 Å². The molecular formula is C22H19N3O2S. The summed E-state index contributed by atoms with van der Waals surface area (Å²) in [7, 11) is 0. The van der Waals surface area contributed by atoms with E-state index in [1.165, 1.54) is 4.68 Å². The van der Waals surface area contributed by atoms with Crippen molar-refractivity contribution >= 4 is 28.0 Å². The van der Waals surface area contributed by atoms with E-state index < -0.39 is 0 Å². The second-order valence-corrected chi connectivity index (χ2v) is 7.37. The molecule has 6 heteroatoms. The highest BCUT2D eigenvalue weighted by molar-refractivity contribution is 7.13. The highest BCUT2D eigenvalue weighted by Gasteiger charge is 2.14. The first-order valence-corrected chi connectivity index (χ1v) is 9.95. The van der Waals surface area contributed by atoms with Crippen molar-refractivity contribution in [1.29, 1.82) is 0 Å². The molecule has 1 amide bonds. The Morgan fingerprint density at radius 3 is 2.46 bits per heavy atom. The lowest BCUT2D eigenvalue weighted by atomic mass is 10.1. The van der Waals surface area contributed by atoms with Crippen LogP contribution in [0.2, 0.25) is 0 Å². The molecule has 1 N–H and O–H groups in total. The largest absolute Gasteiger partial charge is 0.354 e. The van der Waals surface area contributed by atoms with E-state index in [0.29, 0.717) is 11.9 Å². The molecular weight excluding hydrogens is 370 g/mol. The van der Waals surface area contributed by atoms with E-state index in [4.69, 9.17) is 0 Å². The maximum absolute atomic E-state index is 12.8. The number of rotatable bonds is 6. The van der Waals surface area contributed by atoms with Crippen molar-refractivity contribution in [2.45, 2.75) is 13.0 Å². The van der Waals surface area contributed by atoms with E-state index >= 15 is 0 Å². The van der Waals surface area contributed by atoms with Crippen molar-refractivity contribution < 1.29 is 4.79 Å². The highest BCUT2D eigenvalue weighted by atomic mass is 32.1. The van der Waals surface area contributed by atoms with Gasteiger partial charge in [-0.25, -0.2) is 4.68 Å². The van der Waals surface area contributed by atoms with Crippen LogP contribution in [0.4, 0.5) is 0 Å². The number of benzene rings is 2. The van der Waals surface area contributed by atoms with Crippen LogP contribution in [0.25, 0.3) is 21.3 Å². The number of aromatic nitrogens is 2. The van der Waals surface area contributed by atoms with Gasteiger partial charge in [0, 0.05) is 11.9 Å². The number of hydrogen-bond donors (Lipinski definition) is 1. The lowest BCUT2D eigenvalue weighted by Gasteiger charge is -2.10. The Kier molecular flexibility index (Phi) is 5.30. The summed E-state index contributed by atoms with van der Waals surface area (Å²) in [5.74, 6) is -0.224. The zero-order valence-electron chi connectivity index (χ0n) is 15.2. The number of hydrogen-bond acceptors (Lipinski definition) is 4. The Labute approximate surface area is 166 Å². The zero-order valence-corrected chi connectivity index (χ0v) is 16.0. The van der Waals surface area contributed by atoms with E-state index in [9.17, 15) is 9.59 Å². The molecule has 0 atom stereocenters. The van der Waals surface area contributed by atoms with E-state index in [-0.39, 0.29) is 18.0 Å². The van der Waals surface area contributed by atoms with Crippen LogP contribution in [0.3, 0.4) is 0 Å². The lowest BCUT2D eigenvalue weighted by molar-refractivity contribution is -0.121. The van der Waals surface area contributed by atoms with Crippen LogP contribution < -0.4 is 10.9 Å². The predicted octanol–water partition coefficient (Wildman–Crippen LogP) is 3.48. The molecule has 4 aromatic rings. The van der Waals surface area contributed by atoms with Gasteiger partial charge < -0.3 is 5.32 Å². The zero-order chi connectivity index (χ0) is 19.3. The van der Waals surface area contributed by atoms with Gasteiger partial charge in [0.15, 0.2) is 0 Å². The SMILES string of the molecule is O=C(Cn1nc(-c2cccs2)c2ccccc2c1=O)NCCc1ccccc1. The molecule has 0 saturated heterocycles. The molecule has 0 saturated carbocycles. The molecule has 140 valence electrons. The number of nitrogens with zero attached hydrogens (tertiary/aromatic N) is 2. The van der Waals surface area contributed by atoms with Crippen LogP contribution in [0.1, 0.15) is 5.56 Å². The van der Waals surface area contributed by atoms with E-state index in [0.717, 1.165) is 27.9 Å². The summed E-state index contributed by atoms with van der Waals surface area (Å²) < 4.78 is 1.26. The molecule has 0 unspecified atom stereocenters. The van der Waals surface area contributed by atoms with Gasteiger partial charge in [-0.2, -0.15) is 5.10 Å².